The lowest BCUT2D eigenvalue weighted by molar-refractivity contribution is -0.119. The van der Waals surface area contributed by atoms with E-state index in [9.17, 15) is 17.6 Å². The molecule has 0 radical (unpaired) electrons. The van der Waals surface area contributed by atoms with Gasteiger partial charge in [0.2, 0.25) is 0 Å². The first kappa shape index (κ1) is 17.8. The zero-order chi connectivity index (χ0) is 16.0. The van der Waals surface area contributed by atoms with E-state index in [1.807, 2.05) is 13.8 Å². The highest BCUT2D eigenvalue weighted by Crippen LogP contribution is 2.30. The third-order valence-electron chi connectivity index (χ3n) is 3.25. The average molecular weight is 306 g/mol. The second-order valence-electron chi connectivity index (χ2n) is 5.01. The minimum absolute atomic E-state index is 0.207. The predicted molar refractivity (Wildman–Crippen MR) is 77.1 cm³/mol. The largest absolute Gasteiger partial charge is 0.405 e. The summed E-state index contributed by atoms with van der Waals surface area (Å²) in [5, 5.41) is 3.18. The van der Waals surface area contributed by atoms with Crippen molar-refractivity contribution in [2.75, 3.05) is 24.5 Å². The quantitative estimate of drug-likeness (QED) is 0.757. The van der Waals surface area contributed by atoms with Crippen molar-refractivity contribution in [2.45, 2.75) is 39.4 Å². The minimum Gasteiger partial charge on any atom is -0.363 e. The average Bonchev–Trinajstić information content (AvgIpc) is 2.41. The van der Waals surface area contributed by atoms with Gasteiger partial charge in [0.15, 0.2) is 0 Å². The maximum atomic E-state index is 13.5. The molecular formula is C15H22F4N2. The van der Waals surface area contributed by atoms with Gasteiger partial charge in [-0.05, 0) is 50.6 Å². The first-order valence-corrected chi connectivity index (χ1v) is 7.13. The summed E-state index contributed by atoms with van der Waals surface area (Å²) >= 11 is 0. The van der Waals surface area contributed by atoms with E-state index in [0.717, 1.165) is 13.0 Å². The van der Waals surface area contributed by atoms with Crippen LogP contribution in [-0.2, 0) is 0 Å². The van der Waals surface area contributed by atoms with Crippen molar-refractivity contribution in [3.05, 3.63) is 29.6 Å². The van der Waals surface area contributed by atoms with Crippen LogP contribution in [-0.4, -0.2) is 25.8 Å². The van der Waals surface area contributed by atoms with E-state index >= 15 is 0 Å². The van der Waals surface area contributed by atoms with E-state index in [0.29, 0.717) is 11.3 Å². The van der Waals surface area contributed by atoms with Gasteiger partial charge in [-0.25, -0.2) is 4.39 Å². The zero-order valence-corrected chi connectivity index (χ0v) is 12.6. The molecule has 1 aromatic rings. The molecule has 120 valence electrons. The molecule has 1 unspecified atom stereocenters. The molecule has 0 aliphatic rings. The lowest BCUT2D eigenvalue weighted by Crippen LogP contribution is -2.35. The summed E-state index contributed by atoms with van der Waals surface area (Å²) in [6.45, 7) is 5.37. The van der Waals surface area contributed by atoms with Crippen LogP contribution in [0, 0.1) is 5.82 Å². The third-order valence-corrected chi connectivity index (χ3v) is 3.25. The van der Waals surface area contributed by atoms with Crippen LogP contribution in [0.4, 0.5) is 23.2 Å². The van der Waals surface area contributed by atoms with E-state index in [1.54, 1.807) is 6.92 Å². The lowest BCUT2D eigenvalue weighted by atomic mass is 10.0. The fourth-order valence-electron chi connectivity index (χ4n) is 2.21. The number of hydrogen-bond acceptors (Lipinski definition) is 2. The van der Waals surface area contributed by atoms with E-state index in [1.165, 1.54) is 23.1 Å². The van der Waals surface area contributed by atoms with Gasteiger partial charge in [0.05, 0.1) is 0 Å². The second-order valence-corrected chi connectivity index (χ2v) is 5.01. The monoisotopic (exact) mass is 306 g/mol. The van der Waals surface area contributed by atoms with Gasteiger partial charge in [-0.3, -0.25) is 0 Å². The van der Waals surface area contributed by atoms with E-state index in [2.05, 4.69) is 5.32 Å². The van der Waals surface area contributed by atoms with Crippen LogP contribution in [0.5, 0.6) is 0 Å². The number of benzene rings is 1. The zero-order valence-electron chi connectivity index (χ0n) is 12.6. The Kier molecular flexibility index (Phi) is 6.45. The first-order chi connectivity index (χ1) is 9.78. The van der Waals surface area contributed by atoms with Crippen LogP contribution >= 0.6 is 0 Å². The molecule has 0 saturated heterocycles. The summed E-state index contributed by atoms with van der Waals surface area (Å²) in [4.78, 5) is 1.22. The van der Waals surface area contributed by atoms with Crippen LogP contribution in [0.3, 0.4) is 0 Å². The minimum atomic E-state index is -4.29. The van der Waals surface area contributed by atoms with Crippen LogP contribution < -0.4 is 10.2 Å². The van der Waals surface area contributed by atoms with Gasteiger partial charge in [-0.1, -0.05) is 6.92 Å². The molecule has 1 aromatic carbocycles. The van der Waals surface area contributed by atoms with Gasteiger partial charge < -0.3 is 10.2 Å². The van der Waals surface area contributed by atoms with Crippen molar-refractivity contribution < 1.29 is 17.6 Å². The van der Waals surface area contributed by atoms with Crippen molar-refractivity contribution in [2.24, 2.45) is 0 Å². The normalized spacial score (nSPS) is 13.3. The Labute approximate surface area is 123 Å². The molecule has 0 amide bonds. The summed E-state index contributed by atoms with van der Waals surface area (Å²) in [7, 11) is 0. The molecule has 0 aromatic heterocycles. The summed E-state index contributed by atoms with van der Waals surface area (Å²) in [5.41, 5.74) is 0.974. The summed E-state index contributed by atoms with van der Waals surface area (Å²) in [6.07, 6.45) is -3.39. The number of rotatable bonds is 7. The Morgan fingerprint density at radius 2 is 1.90 bits per heavy atom. The van der Waals surface area contributed by atoms with Crippen molar-refractivity contribution in [1.29, 1.82) is 0 Å². The molecule has 6 heteroatoms. The van der Waals surface area contributed by atoms with Crippen molar-refractivity contribution in [1.82, 2.24) is 5.32 Å². The molecule has 0 heterocycles. The Morgan fingerprint density at radius 1 is 1.24 bits per heavy atom. The topological polar surface area (TPSA) is 15.3 Å². The van der Waals surface area contributed by atoms with E-state index in [4.69, 9.17) is 0 Å². The molecule has 0 fully saturated rings. The second kappa shape index (κ2) is 7.64. The van der Waals surface area contributed by atoms with Crippen molar-refractivity contribution in [3.63, 3.8) is 0 Å². The number of alkyl halides is 3. The lowest BCUT2D eigenvalue weighted by Gasteiger charge is -2.29. The van der Waals surface area contributed by atoms with Crippen LogP contribution in [0.25, 0.3) is 0 Å². The molecule has 0 saturated carbocycles. The molecule has 2 nitrogen and oxygen atoms in total. The maximum Gasteiger partial charge on any atom is 0.405 e. The Bertz CT molecular complexity index is 446. The van der Waals surface area contributed by atoms with Gasteiger partial charge in [0.1, 0.15) is 12.4 Å². The van der Waals surface area contributed by atoms with Crippen LogP contribution in [0.15, 0.2) is 18.2 Å². The summed E-state index contributed by atoms with van der Waals surface area (Å²) in [5.74, 6) is -0.443. The highest BCUT2D eigenvalue weighted by molar-refractivity contribution is 5.55. The van der Waals surface area contributed by atoms with Gasteiger partial charge in [-0.2, -0.15) is 13.2 Å². The third kappa shape index (κ3) is 5.53. The highest BCUT2D eigenvalue weighted by Gasteiger charge is 2.31. The first-order valence-electron chi connectivity index (χ1n) is 7.13. The van der Waals surface area contributed by atoms with Gasteiger partial charge >= 0.3 is 6.18 Å². The molecular weight excluding hydrogens is 284 g/mol. The highest BCUT2D eigenvalue weighted by atomic mass is 19.4. The smallest absolute Gasteiger partial charge is 0.363 e. The molecule has 0 spiro atoms. The maximum absolute atomic E-state index is 13.5. The van der Waals surface area contributed by atoms with Gasteiger partial charge in [0.25, 0.3) is 0 Å². The summed E-state index contributed by atoms with van der Waals surface area (Å²) in [6, 6.07) is 3.72. The predicted octanol–water partition coefficient (Wildman–Crippen LogP) is 4.27. The fraction of sp³-hybridized carbons (Fsp3) is 0.600. The molecule has 1 atom stereocenters. The Balaban J connectivity index is 3.09. The van der Waals surface area contributed by atoms with E-state index < -0.39 is 18.5 Å². The van der Waals surface area contributed by atoms with Crippen molar-refractivity contribution in [3.8, 4) is 0 Å². The van der Waals surface area contributed by atoms with Gasteiger partial charge in [-0.15, -0.1) is 0 Å². The molecule has 0 aliphatic carbocycles. The number of hydrogen-bond donors (Lipinski definition) is 1. The van der Waals surface area contributed by atoms with Crippen molar-refractivity contribution >= 4 is 5.69 Å². The van der Waals surface area contributed by atoms with Crippen LogP contribution in [0.1, 0.15) is 38.8 Å². The molecule has 1 rings (SSSR count). The number of nitrogens with one attached hydrogen (secondary N) is 1. The fourth-order valence-corrected chi connectivity index (χ4v) is 2.21. The SMILES string of the molecule is CCCNC(C)c1cc(F)ccc1N(CC)CC(F)(F)F. The Morgan fingerprint density at radius 3 is 2.43 bits per heavy atom. The molecule has 0 bridgehead atoms. The van der Waals surface area contributed by atoms with Crippen LogP contribution in [0.2, 0.25) is 0 Å². The Hall–Kier alpha value is -1.30. The number of anilines is 1. The standard InChI is InChI=1S/C15H22F4N2/c1-4-8-20-11(3)13-9-12(16)6-7-14(13)21(5-2)10-15(17,18)19/h6-7,9,11,20H,4-5,8,10H2,1-3H3. The van der Waals surface area contributed by atoms with Gasteiger partial charge in [0, 0.05) is 18.3 Å². The molecule has 1 N–H and O–H groups in total. The molecule has 0 aliphatic heterocycles. The molecule has 21 heavy (non-hydrogen) atoms. The number of halogens is 4. The summed E-state index contributed by atoms with van der Waals surface area (Å²) < 4.78 is 51.5. The van der Waals surface area contributed by atoms with E-state index in [-0.39, 0.29) is 12.6 Å². The number of nitrogens with zero attached hydrogens (tertiary/aromatic N) is 1.